The van der Waals surface area contributed by atoms with E-state index in [-0.39, 0.29) is 36.3 Å². The molecule has 4 rings (SSSR count). The number of Topliss-reactive ketones (excluding diaryl/α,β-unsaturated/α-hetero) is 1. The van der Waals surface area contributed by atoms with Crippen LogP contribution in [0.15, 0.2) is 22.9 Å². The lowest BCUT2D eigenvalue weighted by atomic mass is 9.82. The Balaban J connectivity index is 0.000000277. The van der Waals surface area contributed by atoms with Gasteiger partial charge < -0.3 is 30.4 Å². The van der Waals surface area contributed by atoms with Crippen molar-refractivity contribution in [1.29, 1.82) is 0 Å². The fourth-order valence-electron chi connectivity index (χ4n) is 6.16. The van der Waals surface area contributed by atoms with Gasteiger partial charge in [0.25, 0.3) is 0 Å². The Hall–Kier alpha value is -3.45. The fraction of sp³-hybridized carbons (Fsp3) is 0.639. The Morgan fingerprint density at radius 2 is 1.43 bits per heavy atom. The molecule has 0 saturated heterocycles. The number of ketones is 1. The number of ether oxygens (including phenoxy) is 3. The zero-order chi connectivity index (χ0) is 36.0. The number of nitrogens with two attached hydrogens (primary N) is 1. The third-order valence-corrected chi connectivity index (χ3v) is 10.5. The number of aliphatic carboxylic acids is 1. The van der Waals surface area contributed by atoms with Gasteiger partial charge in [-0.3, -0.25) is 14.4 Å². The van der Waals surface area contributed by atoms with Crippen LogP contribution in [0.5, 0.6) is 0 Å². The standard InChI is InChI=1S/C17H25NO4S.C13H22O3.C6H7NO2S/c1-22-17(21)16-14(10-11-23-16)18-13(8-5-9-15(19)20)12-6-3-2-4-7-12;1-2-16-13(15)10-6-9-12(14)11-7-4-3-5-8-11;1-9-6(8)5-4(7)2-3-10-5/h10-13,18H,2-9H2,1H3,(H,19,20);11H,2-10H2,1H3;2-3H,7H2,1H3. The first kappa shape index (κ1) is 41.7. The zero-order valence-corrected chi connectivity index (χ0v) is 30.8. The molecule has 2 aliphatic rings. The fourth-order valence-corrected chi connectivity index (χ4v) is 7.66. The SMILES string of the molecule is CCOC(=O)CCCC(=O)C1CCCCC1.COC(=O)c1sccc1N.COC(=O)c1sccc1NC(CCCC(=O)O)C1CCCCC1. The van der Waals surface area contributed by atoms with Gasteiger partial charge in [0.1, 0.15) is 15.5 Å². The molecule has 2 aromatic heterocycles. The van der Waals surface area contributed by atoms with Crippen LogP contribution in [-0.4, -0.2) is 61.6 Å². The topological polar surface area (TPSA) is 171 Å². The number of hydrogen-bond acceptors (Lipinski definition) is 12. The zero-order valence-electron chi connectivity index (χ0n) is 29.2. The van der Waals surface area contributed by atoms with Gasteiger partial charge in [0, 0.05) is 31.2 Å². The number of carbonyl (C=O) groups is 5. The van der Waals surface area contributed by atoms with Crippen molar-refractivity contribution in [3.8, 4) is 0 Å². The molecule has 1 atom stereocenters. The van der Waals surface area contributed by atoms with Gasteiger partial charge in [-0.25, -0.2) is 9.59 Å². The first-order valence-corrected chi connectivity index (χ1v) is 19.1. The van der Waals surface area contributed by atoms with E-state index in [9.17, 15) is 24.0 Å². The Labute approximate surface area is 298 Å². The van der Waals surface area contributed by atoms with E-state index in [1.165, 1.54) is 88.3 Å². The molecule has 2 saturated carbocycles. The van der Waals surface area contributed by atoms with Crippen LogP contribution in [-0.2, 0) is 28.6 Å². The summed E-state index contributed by atoms with van der Waals surface area (Å²) in [5.41, 5.74) is 6.72. The van der Waals surface area contributed by atoms with Gasteiger partial charge in [-0.15, -0.1) is 22.7 Å². The molecule has 0 radical (unpaired) electrons. The third-order valence-electron chi connectivity index (χ3n) is 8.74. The minimum absolute atomic E-state index is 0.182. The van der Waals surface area contributed by atoms with Crippen molar-refractivity contribution in [2.75, 3.05) is 31.9 Å². The van der Waals surface area contributed by atoms with Crippen LogP contribution in [0.3, 0.4) is 0 Å². The summed E-state index contributed by atoms with van der Waals surface area (Å²) in [5, 5.41) is 16.0. The number of carboxylic acid groups (broad SMARTS) is 1. The van der Waals surface area contributed by atoms with Crippen LogP contribution in [0.1, 0.15) is 129 Å². The number of nitrogen functional groups attached to an aromatic ring is 1. The number of carboxylic acids is 1. The van der Waals surface area contributed by atoms with Crippen LogP contribution in [0, 0.1) is 11.8 Å². The molecular weight excluding hydrogens is 669 g/mol. The highest BCUT2D eigenvalue weighted by Crippen LogP contribution is 2.33. The molecular formula is C36H54N2O9S2. The minimum Gasteiger partial charge on any atom is -0.481 e. The van der Waals surface area contributed by atoms with Crippen LogP contribution in [0.25, 0.3) is 0 Å². The average Bonchev–Trinajstić information content (AvgIpc) is 3.77. The highest BCUT2D eigenvalue weighted by Gasteiger charge is 2.26. The van der Waals surface area contributed by atoms with Gasteiger partial charge in [0.2, 0.25) is 0 Å². The first-order valence-electron chi connectivity index (χ1n) is 17.3. The summed E-state index contributed by atoms with van der Waals surface area (Å²) in [5.74, 6) is -0.456. The van der Waals surface area contributed by atoms with Gasteiger partial charge in [-0.05, 0) is 80.7 Å². The molecule has 0 aromatic carbocycles. The summed E-state index contributed by atoms with van der Waals surface area (Å²) in [4.78, 5) is 57.3. The molecule has 274 valence electrons. The third kappa shape index (κ3) is 15.8. The second-order valence-corrected chi connectivity index (χ2v) is 14.1. The van der Waals surface area contributed by atoms with Gasteiger partial charge in [0.05, 0.1) is 32.2 Å². The largest absolute Gasteiger partial charge is 0.481 e. The average molecular weight is 723 g/mol. The molecule has 2 heterocycles. The molecule has 11 nitrogen and oxygen atoms in total. The maximum absolute atomic E-state index is 11.8. The van der Waals surface area contributed by atoms with Crippen LogP contribution < -0.4 is 11.1 Å². The number of rotatable bonds is 15. The summed E-state index contributed by atoms with van der Waals surface area (Å²) >= 11 is 2.65. The molecule has 1 unspecified atom stereocenters. The van der Waals surface area contributed by atoms with Crippen LogP contribution in [0.2, 0.25) is 0 Å². The molecule has 49 heavy (non-hydrogen) atoms. The van der Waals surface area contributed by atoms with Gasteiger partial charge >= 0.3 is 23.9 Å². The monoisotopic (exact) mass is 722 g/mol. The van der Waals surface area contributed by atoms with Crippen LogP contribution in [0.4, 0.5) is 11.4 Å². The van der Waals surface area contributed by atoms with E-state index >= 15 is 0 Å². The summed E-state index contributed by atoms with van der Waals surface area (Å²) in [7, 11) is 2.72. The number of hydrogen-bond donors (Lipinski definition) is 3. The Morgan fingerprint density at radius 1 is 0.837 bits per heavy atom. The minimum atomic E-state index is -0.752. The quantitative estimate of drug-likeness (QED) is 0.120. The molecule has 2 aromatic rings. The predicted molar refractivity (Wildman–Crippen MR) is 193 cm³/mol. The van der Waals surface area contributed by atoms with Crippen molar-refractivity contribution in [3.05, 3.63) is 32.6 Å². The molecule has 0 spiro atoms. The lowest BCUT2D eigenvalue weighted by Gasteiger charge is -2.31. The summed E-state index contributed by atoms with van der Waals surface area (Å²) in [6.07, 6.45) is 15.1. The number of esters is 3. The molecule has 4 N–H and O–H groups in total. The first-order chi connectivity index (χ1) is 23.6. The molecule has 13 heteroatoms. The van der Waals surface area contributed by atoms with Crippen molar-refractivity contribution in [3.63, 3.8) is 0 Å². The molecule has 2 fully saturated rings. The maximum atomic E-state index is 11.8. The smallest absolute Gasteiger partial charge is 0.350 e. The second kappa shape index (κ2) is 23.8. The van der Waals surface area contributed by atoms with Gasteiger partial charge in [-0.2, -0.15) is 0 Å². The van der Waals surface area contributed by atoms with Crippen molar-refractivity contribution in [2.45, 2.75) is 116 Å². The van der Waals surface area contributed by atoms with Crippen LogP contribution >= 0.6 is 22.7 Å². The normalized spacial score (nSPS) is 15.3. The van der Waals surface area contributed by atoms with E-state index in [0.717, 1.165) is 24.9 Å². The highest BCUT2D eigenvalue weighted by molar-refractivity contribution is 7.13. The molecule has 0 aliphatic heterocycles. The summed E-state index contributed by atoms with van der Waals surface area (Å²) in [6.45, 7) is 2.22. The molecule has 2 aliphatic carbocycles. The Morgan fingerprint density at radius 3 is 2.00 bits per heavy atom. The number of carbonyl (C=O) groups excluding carboxylic acids is 4. The van der Waals surface area contributed by atoms with E-state index < -0.39 is 5.97 Å². The van der Waals surface area contributed by atoms with Crippen molar-refractivity contribution >= 4 is 63.7 Å². The summed E-state index contributed by atoms with van der Waals surface area (Å²) in [6, 6.07) is 3.80. The van der Waals surface area contributed by atoms with Crippen molar-refractivity contribution in [2.24, 2.45) is 11.8 Å². The lowest BCUT2D eigenvalue weighted by molar-refractivity contribution is -0.143. The second-order valence-electron chi connectivity index (χ2n) is 12.2. The van der Waals surface area contributed by atoms with Crippen molar-refractivity contribution < 1.29 is 43.3 Å². The number of methoxy groups -OCH3 is 2. The van der Waals surface area contributed by atoms with E-state index in [0.29, 0.717) is 59.4 Å². The Bertz CT molecular complexity index is 1300. The van der Waals surface area contributed by atoms with E-state index in [2.05, 4.69) is 10.1 Å². The predicted octanol–water partition coefficient (Wildman–Crippen LogP) is 8.14. The highest BCUT2D eigenvalue weighted by atomic mass is 32.1. The Kier molecular flexibility index (Phi) is 20.3. The molecule has 0 bridgehead atoms. The van der Waals surface area contributed by atoms with Gasteiger partial charge in [-0.1, -0.05) is 38.5 Å². The van der Waals surface area contributed by atoms with Gasteiger partial charge in [0.15, 0.2) is 0 Å². The maximum Gasteiger partial charge on any atom is 0.350 e. The lowest BCUT2D eigenvalue weighted by Crippen LogP contribution is -2.31. The van der Waals surface area contributed by atoms with E-state index in [1.807, 2.05) is 11.4 Å². The molecule has 0 amide bonds. The summed E-state index contributed by atoms with van der Waals surface area (Å²) < 4.78 is 14.1. The van der Waals surface area contributed by atoms with E-state index in [1.54, 1.807) is 18.4 Å². The number of anilines is 2. The number of thiophene rings is 2. The van der Waals surface area contributed by atoms with Crippen molar-refractivity contribution in [1.82, 2.24) is 0 Å². The number of nitrogens with one attached hydrogen (secondary N) is 1. The van der Waals surface area contributed by atoms with E-state index in [4.69, 9.17) is 20.3 Å².